The second kappa shape index (κ2) is 6.69. The molecule has 4 rings (SSSR count). The molecule has 3 aliphatic rings. The van der Waals surface area contributed by atoms with E-state index >= 15 is 0 Å². The molecule has 144 valence electrons. The van der Waals surface area contributed by atoms with Crippen LogP contribution in [0.1, 0.15) is 12.0 Å². The third-order valence-corrected chi connectivity index (χ3v) is 5.86. The molecule has 2 unspecified atom stereocenters. The Morgan fingerprint density at radius 1 is 1.30 bits per heavy atom. The fraction of sp³-hybridized carbons (Fsp3) is 0.500. The first-order valence-corrected chi connectivity index (χ1v) is 9.39. The average Bonchev–Trinajstić information content (AvgIpc) is 3.21. The van der Waals surface area contributed by atoms with E-state index in [-0.39, 0.29) is 25.1 Å². The maximum Gasteiger partial charge on any atom is 0.328 e. The number of hydrogen-bond donors (Lipinski definition) is 1. The van der Waals surface area contributed by atoms with Crippen LogP contribution in [0.15, 0.2) is 23.2 Å². The largest absolute Gasteiger partial charge is 0.396 e. The summed E-state index contributed by atoms with van der Waals surface area (Å²) in [6.45, 7) is 3.45. The number of amides is 3. The van der Waals surface area contributed by atoms with E-state index in [9.17, 15) is 9.59 Å². The molecular weight excluding hydrogens is 370 g/mol. The first-order valence-electron chi connectivity index (χ1n) is 9.02. The number of hydrogen-bond acceptors (Lipinski definition) is 6. The molecule has 1 aromatic carbocycles. The van der Waals surface area contributed by atoms with Crippen molar-refractivity contribution in [3.63, 3.8) is 0 Å². The number of aliphatic hydroxyl groups excluding tert-OH is 1. The minimum absolute atomic E-state index is 0.0673. The van der Waals surface area contributed by atoms with Gasteiger partial charge in [-0.2, -0.15) is 0 Å². The number of halogens is 1. The quantitative estimate of drug-likeness (QED) is 0.831. The summed E-state index contributed by atoms with van der Waals surface area (Å²) in [6.07, 6.45) is -0.169. The number of benzene rings is 1. The lowest BCUT2D eigenvalue weighted by molar-refractivity contribution is -0.137. The van der Waals surface area contributed by atoms with Crippen molar-refractivity contribution in [3.05, 3.63) is 28.8 Å². The van der Waals surface area contributed by atoms with Crippen molar-refractivity contribution in [1.29, 1.82) is 0 Å². The van der Waals surface area contributed by atoms with E-state index in [1.165, 1.54) is 9.80 Å². The number of fused-ring (bicyclic) bond motifs is 3. The summed E-state index contributed by atoms with van der Waals surface area (Å²) in [6, 6.07) is 4.84. The van der Waals surface area contributed by atoms with Gasteiger partial charge in [-0.15, -0.1) is 0 Å². The molecule has 0 radical (unpaired) electrons. The highest BCUT2D eigenvalue weighted by atomic mass is 35.5. The Labute approximate surface area is 162 Å². The molecule has 3 heterocycles. The number of imide groups is 1. The van der Waals surface area contributed by atoms with Crippen molar-refractivity contribution in [2.45, 2.75) is 25.6 Å². The molecule has 2 atom stereocenters. The first-order chi connectivity index (χ1) is 13.0. The molecule has 1 N–H and O–H groups in total. The summed E-state index contributed by atoms with van der Waals surface area (Å²) in [5.74, 6) is 0.451. The van der Waals surface area contributed by atoms with Crippen molar-refractivity contribution >= 4 is 35.2 Å². The van der Waals surface area contributed by atoms with Crippen LogP contribution in [0.5, 0.6) is 0 Å². The Hall–Kier alpha value is -2.32. The minimum Gasteiger partial charge on any atom is -0.396 e. The molecule has 3 amide bonds. The van der Waals surface area contributed by atoms with Gasteiger partial charge in [0.05, 0.1) is 0 Å². The van der Waals surface area contributed by atoms with Gasteiger partial charge in [-0.25, -0.2) is 9.79 Å². The Kier molecular flexibility index (Phi) is 4.47. The maximum absolute atomic E-state index is 13.0. The summed E-state index contributed by atoms with van der Waals surface area (Å²) in [5, 5.41) is 9.75. The van der Waals surface area contributed by atoms with E-state index in [0.29, 0.717) is 30.5 Å². The van der Waals surface area contributed by atoms with Gasteiger partial charge in [0.1, 0.15) is 0 Å². The van der Waals surface area contributed by atoms with Gasteiger partial charge in [0.2, 0.25) is 5.96 Å². The van der Waals surface area contributed by atoms with E-state index in [2.05, 4.69) is 4.90 Å². The molecule has 0 aromatic heterocycles. The number of anilines is 1. The highest BCUT2D eigenvalue weighted by Crippen LogP contribution is 2.35. The standard InChI is InChI=1S/C18H22ClN5O3/c1-11-12(19)5-3-6-13(11)22-8-9-23-14-15(20-17(22)23)21(2)18(27)24(16(14)26)7-4-10-25/h3,5-6,14-15,25H,4,7-10H2,1-2H3. The van der Waals surface area contributed by atoms with E-state index in [4.69, 9.17) is 21.7 Å². The summed E-state index contributed by atoms with van der Waals surface area (Å²) in [5.41, 5.74) is 1.92. The fourth-order valence-corrected chi connectivity index (χ4v) is 4.16. The van der Waals surface area contributed by atoms with Crippen LogP contribution in [0.4, 0.5) is 10.5 Å². The van der Waals surface area contributed by atoms with Gasteiger partial charge < -0.3 is 19.8 Å². The molecule has 1 aromatic rings. The van der Waals surface area contributed by atoms with Crippen molar-refractivity contribution < 1.29 is 14.7 Å². The molecule has 3 aliphatic heterocycles. The summed E-state index contributed by atoms with van der Waals surface area (Å²) in [4.78, 5) is 37.1. The van der Waals surface area contributed by atoms with E-state index in [1.807, 2.05) is 30.0 Å². The highest BCUT2D eigenvalue weighted by Gasteiger charge is 2.54. The van der Waals surface area contributed by atoms with Gasteiger partial charge in [-0.1, -0.05) is 17.7 Å². The van der Waals surface area contributed by atoms with Crippen LogP contribution in [-0.4, -0.2) is 83.2 Å². The van der Waals surface area contributed by atoms with Gasteiger partial charge in [0.15, 0.2) is 12.2 Å². The van der Waals surface area contributed by atoms with Gasteiger partial charge in [0, 0.05) is 44.0 Å². The summed E-state index contributed by atoms with van der Waals surface area (Å²) >= 11 is 6.28. The van der Waals surface area contributed by atoms with Crippen molar-refractivity contribution in [1.82, 2.24) is 14.7 Å². The van der Waals surface area contributed by atoms with Gasteiger partial charge in [0.25, 0.3) is 5.91 Å². The second-order valence-electron chi connectivity index (χ2n) is 6.98. The zero-order valence-electron chi connectivity index (χ0n) is 15.3. The zero-order valence-corrected chi connectivity index (χ0v) is 16.1. The molecule has 9 heteroatoms. The van der Waals surface area contributed by atoms with Gasteiger partial charge in [-0.05, 0) is 31.0 Å². The molecule has 0 saturated carbocycles. The highest BCUT2D eigenvalue weighted by molar-refractivity contribution is 6.31. The first kappa shape index (κ1) is 18.1. The maximum atomic E-state index is 13.0. The van der Waals surface area contributed by atoms with Crippen LogP contribution in [0.25, 0.3) is 0 Å². The molecule has 0 spiro atoms. The van der Waals surface area contributed by atoms with Crippen LogP contribution in [0.3, 0.4) is 0 Å². The Morgan fingerprint density at radius 3 is 2.81 bits per heavy atom. The van der Waals surface area contributed by atoms with Crippen LogP contribution in [-0.2, 0) is 4.79 Å². The Bertz CT molecular complexity index is 829. The predicted molar refractivity (Wildman–Crippen MR) is 102 cm³/mol. The van der Waals surface area contributed by atoms with E-state index in [0.717, 1.165) is 11.3 Å². The Balaban J connectivity index is 1.66. The lowest BCUT2D eigenvalue weighted by atomic mass is 10.1. The average molecular weight is 392 g/mol. The van der Waals surface area contributed by atoms with Crippen LogP contribution in [0, 0.1) is 6.92 Å². The number of nitrogens with zero attached hydrogens (tertiary/aromatic N) is 5. The molecule has 0 aliphatic carbocycles. The number of aliphatic hydroxyl groups is 1. The third kappa shape index (κ3) is 2.66. The number of likely N-dealkylation sites (N-methyl/N-ethyl adjacent to an activating group) is 1. The second-order valence-corrected chi connectivity index (χ2v) is 7.38. The number of rotatable bonds is 4. The van der Waals surface area contributed by atoms with Crippen molar-refractivity contribution in [2.75, 3.05) is 38.2 Å². The smallest absolute Gasteiger partial charge is 0.328 e. The third-order valence-electron chi connectivity index (χ3n) is 5.45. The summed E-state index contributed by atoms with van der Waals surface area (Å²) in [7, 11) is 1.67. The van der Waals surface area contributed by atoms with E-state index in [1.54, 1.807) is 7.05 Å². The number of aliphatic imine (C=N–C) groups is 1. The van der Waals surface area contributed by atoms with Crippen LogP contribution < -0.4 is 4.90 Å². The van der Waals surface area contributed by atoms with E-state index < -0.39 is 12.2 Å². The van der Waals surface area contributed by atoms with Crippen LogP contribution in [0.2, 0.25) is 5.02 Å². The van der Waals surface area contributed by atoms with Crippen LogP contribution >= 0.6 is 11.6 Å². The lowest BCUT2D eigenvalue weighted by Gasteiger charge is -2.40. The lowest BCUT2D eigenvalue weighted by Crippen LogP contribution is -2.64. The topological polar surface area (TPSA) is 79.7 Å². The zero-order chi connectivity index (χ0) is 19.3. The molecule has 8 nitrogen and oxygen atoms in total. The molecule has 27 heavy (non-hydrogen) atoms. The number of carbonyl (C=O) groups excluding carboxylic acids is 2. The number of guanidine groups is 1. The molecular formula is C18H22ClN5O3. The van der Waals surface area contributed by atoms with Crippen molar-refractivity contribution in [2.24, 2.45) is 4.99 Å². The molecule has 2 fully saturated rings. The monoisotopic (exact) mass is 391 g/mol. The number of urea groups is 1. The predicted octanol–water partition coefficient (Wildman–Crippen LogP) is 1.11. The SMILES string of the molecule is Cc1c(Cl)cccc1N1CCN2C1=NC1C2C(=O)N(CCCO)C(=O)N1C. The Morgan fingerprint density at radius 2 is 2.07 bits per heavy atom. The minimum atomic E-state index is -0.535. The molecule has 2 saturated heterocycles. The van der Waals surface area contributed by atoms with Gasteiger partial charge >= 0.3 is 6.03 Å². The molecule has 0 bridgehead atoms. The van der Waals surface area contributed by atoms with Gasteiger partial charge in [-0.3, -0.25) is 9.69 Å². The fourth-order valence-electron chi connectivity index (χ4n) is 3.99. The number of carbonyl (C=O) groups is 2. The summed E-state index contributed by atoms with van der Waals surface area (Å²) < 4.78 is 0. The normalized spacial score (nSPS) is 24.5. The van der Waals surface area contributed by atoms with Crippen molar-refractivity contribution in [3.8, 4) is 0 Å².